The highest BCUT2D eigenvalue weighted by molar-refractivity contribution is 5.90. The average molecular weight is 257 g/mol. The van der Waals surface area contributed by atoms with Gasteiger partial charge in [-0.15, -0.1) is 0 Å². The molecule has 0 unspecified atom stereocenters. The number of rotatable bonds is 2. The van der Waals surface area contributed by atoms with Gasteiger partial charge in [-0.2, -0.15) is 0 Å². The Labute approximate surface area is 111 Å². The fraction of sp³-hybridized carbons (Fsp3) is 0.467. The maximum atomic E-state index is 12.1. The quantitative estimate of drug-likeness (QED) is 0.643. The number of hydrogen-bond acceptors (Lipinski definition) is 3. The molecule has 3 aliphatic rings. The summed E-state index contributed by atoms with van der Waals surface area (Å²) in [5, 5.41) is 2.95. The van der Waals surface area contributed by atoms with E-state index in [1.165, 1.54) is 0 Å². The van der Waals surface area contributed by atoms with Crippen molar-refractivity contribution in [1.29, 1.82) is 0 Å². The van der Waals surface area contributed by atoms with E-state index in [1.807, 2.05) is 18.2 Å². The standard InChI is InChI=1S/C15H15NO3/c17-14-11-9-6-7-10(12(11)16-14)13(9)19-15(18)8-4-2-1-3-5-8/h1-5,9-13H,6-7H2,(H,16,17)/t9-,10-,11+,12+,13-/m0/s1. The first-order valence-corrected chi connectivity index (χ1v) is 6.82. The molecule has 5 atom stereocenters. The van der Waals surface area contributed by atoms with Gasteiger partial charge in [-0.3, -0.25) is 4.79 Å². The van der Waals surface area contributed by atoms with Crippen LogP contribution in [0.25, 0.3) is 0 Å². The summed E-state index contributed by atoms with van der Waals surface area (Å²) in [5.41, 5.74) is 0.584. The van der Waals surface area contributed by atoms with Crippen LogP contribution in [0, 0.1) is 17.8 Å². The van der Waals surface area contributed by atoms with E-state index in [9.17, 15) is 9.59 Å². The largest absolute Gasteiger partial charge is 0.458 e. The van der Waals surface area contributed by atoms with E-state index in [0.29, 0.717) is 11.5 Å². The monoisotopic (exact) mass is 257 g/mol. The van der Waals surface area contributed by atoms with Crippen molar-refractivity contribution in [1.82, 2.24) is 5.32 Å². The fourth-order valence-corrected chi connectivity index (χ4v) is 3.99. The van der Waals surface area contributed by atoms with Gasteiger partial charge in [0.15, 0.2) is 0 Å². The lowest BCUT2D eigenvalue weighted by Gasteiger charge is -2.38. The van der Waals surface area contributed by atoms with Crippen LogP contribution in [-0.2, 0) is 9.53 Å². The molecule has 1 aliphatic heterocycles. The molecule has 0 aromatic heterocycles. The van der Waals surface area contributed by atoms with Crippen molar-refractivity contribution in [2.75, 3.05) is 0 Å². The number of fused-ring (bicyclic) bond motifs is 5. The Morgan fingerprint density at radius 1 is 1.16 bits per heavy atom. The van der Waals surface area contributed by atoms with Crippen LogP contribution in [0.4, 0.5) is 0 Å². The second-order valence-corrected chi connectivity index (χ2v) is 5.70. The van der Waals surface area contributed by atoms with Crippen LogP contribution in [0.5, 0.6) is 0 Å². The molecule has 1 amide bonds. The summed E-state index contributed by atoms with van der Waals surface area (Å²) in [6.45, 7) is 0. The predicted molar refractivity (Wildman–Crippen MR) is 67.3 cm³/mol. The lowest BCUT2D eigenvalue weighted by molar-refractivity contribution is -0.137. The Balaban J connectivity index is 1.53. The van der Waals surface area contributed by atoms with E-state index in [-0.39, 0.29) is 35.9 Å². The second-order valence-electron chi connectivity index (χ2n) is 5.70. The average Bonchev–Trinajstić information content (AvgIpc) is 2.90. The maximum Gasteiger partial charge on any atom is 0.338 e. The molecule has 1 aromatic carbocycles. The number of hydrogen-bond donors (Lipinski definition) is 1. The summed E-state index contributed by atoms with van der Waals surface area (Å²) in [5.74, 6) is 0.512. The molecule has 1 saturated heterocycles. The van der Waals surface area contributed by atoms with Crippen molar-refractivity contribution >= 4 is 11.9 Å². The number of carbonyl (C=O) groups is 2. The Hall–Kier alpha value is -1.84. The summed E-state index contributed by atoms with van der Waals surface area (Å²) in [4.78, 5) is 23.7. The number of ether oxygens (including phenoxy) is 1. The van der Waals surface area contributed by atoms with E-state index in [1.54, 1.807) is 12.1 Å². The summed E-state index contributed by atoms with van der Waals surface area (Å²) >= 11 is 0. The number of amides is 1. The van der Waals surface area contributed by atoms with E-state index in [0.717, 1.165) is 12.8 Å². The summed E-state index contributed by atoms with van der Waals surface area (Å²) < 4.78 is 5.68. The van der Waals surface area contributed by atoms with E-state index >= 15 is 0 Å². The van der Waals surface area contributed by atoms with Crippen molar-refractivity contribution in [3.8, 4) is 0 Å². The summed E-state index contributed by atoms with van der Waals surface area (Å²) in [6.07, 6.45) is 1.98. The normalized spacial score (nSPS) is 38.3. The molecular formula is C15H15NO3. The van der Waals surface area contributed by atoms with Gasteiger partial charge in [0.1, 0.15) is 6.10 Å². The summed E-state index contributed by atoms with van der Waals surface area (Å²) in [6, 6.07) is 9.30. The molecule has 4 rings (SSSR count). The molecule has 4 heteroatoms. The van der Waals surface area contributed by atoms with Gasteiger partial charge < -0.3 is 10.1 Å². The molecule has 2 aliphatic carbocycles. The van der Waals surface area contributed by atoms with Crippen molar-refractivity contribution < 1.29 is 14.3 Å². The SMILES string of the molecule is O=C(O[C@H]1[C@H]2CC[C@H]1[C@H]1NC(=O)[C@H]21)c1ccccc1. The molecule has 4 nitrogen and oxygen atoms in total. The third-order valence-corrected chi connectivity index (χ3v) is 4.85. The Kier molecular flexibility index (Phi) is 2.22. The molecule has 1 aromatic rings. The van der Waals surface area contributed by atoms with Crippen LogP contribution >= 0.6 is 0 Å². The minimum atomic E-state index is -0.267. The van der Waals surface area contributed by atoms with Gasteiger partial charge in [0.25, 0.3) is 0 Å². The van der Waals surface area contributed by atoms with Crippen LogP contribution in [0.2, 0.25) is 0 Å². The first-order chi connectivity index (χ1) is 9.25. The van der Waals surface area contributed by atoms with E-state index in [4.69, 9.17) is 4.74 Å². The third-order valence-electron chi connectivity index (χ3n) is 4.85. The zero-order chi connectivity index (χ0) is 13.0. The molecule has 2 bridgehead atoms. The number of carbonyl (C=O) groups excluding carboxylic acids is 2. The zero-order valence-corrected chi connectivity index (χ0v) is 10.4. The number of esters is 1. The van der Waals surface area contributed by atoms with Crippen LogP contribution in [0.1, 0.15) is 23.2 Å². The molecule has 2 saturated carbocycles. The molecule has 1 N–H and O–H groups in total. The van der Waals surface area contributed by atoms with E-state index in [2.05, 4.69) is 5.32 Å². The first kappa shape index (κ1) is 11.0. The topological polar surface area (TPSA) is 55.4 Å². The number of benzene rings is 1. The highest BCUT2D eigenvalue weighted by Gasteiger charge is 2.64. The van der Waals surface area contributed by atoms with Gasteiger partial charge >= 0.3 is 5.97 Å². The minimum Gasteiger partial charge on any atom is -0.458 e. The first-order valence-electron chi connectivity index (χ1n) is 6.82. The van der Waals surface area contributed by atoms with Gasteiger partial charge in [0.05, 0.1) is 11.5 Å². The van der Waals surface area contributed by atoms with Gasteiger partial charge in [0, 0.05) is 17.9 Å². The molecular weight excluding hydrogens is 242 g/mol. The van der Waals surface area contributed by atoms with Crippen LogP contribution in [0.3, 0.4) is 0 Å². The lowest BCUT2D eigenvalue weighted by atomic mass is 9.78. The highest BCUT2D eigenvalue weighted by atomic mass is 16.5. The summed E-state index contributed by atoms with van der Waals surface area (Å²) in [7, 11) is 0. The Morgan fingerprint density at radius 2 is 1.89 bits per heavy atom. The van der Waals surface area contributed by atoms with Crippen molar-refractivity contribution in [2.45, 2.75) is 25.0 Å². The van der Waals surface area contributed by atoms with Crippen molar-refractivity contribution in [3.05, 3.63) is 35.9 Å². The Bertz CT molecular complexity index is 542. The minimum absolute atomic E-state index is 0.0818. The van der Waals surface area contributed by atoms with E-state index < -0.39 is 0 Å². The van der Waals surface area contributed by atoms with Gasteiger partial charge in [-0.05, 0) is 25.0 Å². The van der Waals surface area contributed by atoms with Crippen LogP contribution in [0.15, 0.2) is 30.3 Å². The second kappa shape index (κ2) is 3.83. The zero-order valence-electron chi connectivity index (χ0n) is 10.4. The smallest absolute Gasteiger partial charge is 0.338 e. The van der Waals surface area contributed by atoms with Gasteiger partial charge in [-0.25, -0.2) is 4.79 Å². The van der Waals surface area contributed by atoms with Crippen LogP contribution in [-0.4, -0.2) is 24.0 Å². The number of nitrogens with one attached hydrogen (secondary N) is 1. The fourth-order valence-electron chi connectivity index (χ4n) is 3.99. The molecule has 0 radical (unpaired) electrons. The molecule has 98 valence electrons. The maximum absolute atomic E-state index is 12.1. The Morgan fingerprint density at radius 3 is 2.58 bits per heavy atom. The third kappa shape index (κ3) is 1.46. The lowest BCUT2D eigenvalue weighted by Crippen LogP contribution is -2.60. The molecule has 0 spiro atoms. The molecule has 1 heterocycles. The highest BCUT2D eigenvalue weighted by Crippen LogP contribution is 2.53. The number of β-lactam (4-membered cyclic amide) rings is 1. The van der Waals surface area contributed by atoms with Gasteiger partial charge in [0.2, 0.25) is 5.91 Å². The molecule has 3 fully saturated rings. The van der Waals surface area contributed by atoms with Crippen LogP contribution < -0.4 is 5.32 Å². The van der Waals surface area contributed by atoms with Crippen molar-refractivity contribution in [2.24, 2.45) is 17.8 Å². The van der Waals surface area contributed by atoms with Gasteiger partial charge in [-0.1, -0.05) is 18.2 Å². The van der Waals surface area contributed by atoms with Crippen molar-refractivity contribution in [3.63, 3.8) is 0 Å². The predicted octanol–water partition coefficient (Wildman–Crippen LogP) is 1.37. The molecule has 19 heavy (non-hydrogen) atoms.